The number of aromatic nitrogens is 1. The number of ether oxygens (including phenoxy) is 2. The van der Waals surface area contributed by atoms with Crippen molar-refractivity contribution in [1.29, 1.82) is 5.26 Å². The molecule has 0 aliphatic heterocycles. The number of hydrogen-bond donors (Lipinski definition) is 1. The first kappa shape index (κ1) is 15.6. The highest BCUT2D eigenvalue weighted by Crippen LogP contribution is 2.29. The van der Waals surface area contributed by atoms with E-state index < -0.39 is 0 Å². The van der Waals surface area contributed by atoms with Crippen LogP contribution in [0.4, 0.5) is 5.69 Å². The topological polar surface area (TPSA) is 67.2 Å². The van der Waals surface area contributed by atoms with Gasteiger partial charge in [-0.1, -0.05) is 18.2 Å². The Morgan fingerprint density at radius 2 is 1.96 bits per heavy atom. The fourth-order valence-electron chi connectivity index (χ4n) is 2.61. The van der Waals surface area contributed by atoms with Crippen LogP contribution in [0.5, 0.6) is 11.5 Å². The van der Waals surface area contributed by atoms with Gasteiger partial charge in [0.05, 0.1) is 31.0 Å². The summed E-state index contributed by atoms with van der Waals surface area (Å²) in [7, 11) is 3.26. The van der Waals surface area contributed by atoms with Crippen molar-refractivity contribution in [3.05, 3.63) is 59.8 Å². The van der Waals surface area contributed by atoms with Crippen LogP contribution in [0.2, 0.25) is 0 Å². The molecule has 0 saturated carbocycles. The van der Waals surface area contributed by atoms with Gasteiger partial charge in [-0.25, -0.2) is 0 Å². The van der Waals surface area contributed by atoms with Crippen molar-refractivity contribution in [2.24, 2.45) is 0 Å². The third-order valence-corrected chi connectivity index (χ3v) is 3.84. The number of rotatable bonds is 5. The van der Waals surface area contributed by atoms with E-state index in [1.54, 1.807) is 20.4 Å². The Hall–Kier alpha value is -3.26. The summed E-state index contributed by atoms with van der Waals surface area (Å²) in [6.45, 7) is 0.545. The Morgan fingerprint density at radius 1 is 1.12 bits per heavy atom. The predicted octanol–water partition coefficient (Wildman–Crippen LogP) is 3.74. The second-order valence-corrected chi connectivity index (χ2v) is 5.21. The van der Waals surface area contributed by atoms with Crippen LogP contribution in [0.3, 0.4) is 0 Å². The molecule has 2 aromatic carbocycles. The summed E-state index contributed by atoms with van der Waals surface area (Å²) < 4.78 is 10.6. The molecule has 0 saturated heterocycles. The van der Waals surface area contributed by atoms with Crippen LogP contribution < -0.4 is 14.8 Å². The van der Waals surface area contributed by atoms with Gasteiger partial charge in [0.25, 0.3) is 0 Å². The summed E-state index contributed by atoms with van der Waals surface area (Å²) in [6, 6.07) is 15.6. The van der Waals surface area contributed by atoms with Crippen molar-refractivity contribution in [1.82, 2.24) is 4.98 Å². The summed E-state index contributed by atoms with van der Waals surface area (Å²) in [5.41, 5.74) is 3.05. The van der Waals surface area contributed by atoms with E-state index in [0.29, 0.717) is 12.1 Å². The molecule has 0 aliphatic carbocycles. The Bertz CT molecular complexity index is 916. The smallest absolute Gasteiger partial charge is 0.123 e. The maximum atomic E-state index is 9.40. The minimum Gasteiger partial charge on any atom is -0.497 e. The van der Waals surface area contributed by atoms with E-state index in [1.807, 2.05) is 42.5 Å². The second-order valence-electron chi connectivity index (χ2n) is 5.21. The minimum atomic E-state index is 0.502. The normalized spacial score (nSPS) is 10.2. The second kappa shape index (κ2) is 6.88. The summed E-state index contributed by atoms with van der Waals surface area (Å²) in [4.78, 5) is 4.34. The SMILES string of the molecule is COc1ccc2c(NCc3ccccc3OC)c(C#N)cnc2c1. The van der Waals surface area contributed by atoms with E-state index in [-0.39, 0.29) is 0 Å². The molecule has 1 heterocycles. The number of benzene rings is 2. The van der Waals surface area contributed by atoms with Crippen molar-refractivity contribution in [2.45, 2.75) is 6.54 Å². The maximum absolute atomic E-state index is 9.40. The van der Waals surface area contributed by atoms with E-state index in [4.69, 9.17) is 9.47 Å². The first-order valence-corrected chi connectivity index (χ1v) is 7.49. The summed E-state index contributed by atoms with van der Waals surface area (Å²) in [5, 5.41) is 13.6. The first-order chi connectivity index (χ1) is 11.8. The number of nitriles is 1. The van der Waals surface area contributed by atoms with E-state index >= 15 is 0 Å². The van der Waals surface area contributed by atoms with Crippen molar-refractivity contribution in [3.63, 3.8) is 0 Å². The van der Waals surface area contributed by atoms with Gasteiger partial charge in [-0.05, 0) is 18.2 Å². The van der Waals surface area contributed by atoms with Gasteiger partial charge >= 0.3 is 0 Å². The Morgan fingerprint density at radius 3 is 2.71 bits per heavy atom. The third-order valence-electron chi connectivity index (χ3n) is 3.84. The van der Waals surface area contributed by atoms with Gasteiger partial charge in [0.2, 0.25) is 0 Å². The van der Waals surface area contributed by atoms with Crippen LogP contribution in [0.25, 0.3) is 10.9 Å². The van der Waals surface area contributed by atoms with Gasteiger partial charge in [0, 0.05) is 29.8 Å². The zero-order valence-corrected chi connectivity index (χ0v) is 13.5. The van der Waals surface area contributed by atoms with Gasteiger partial charge in [0.15, 0.2) is 0 Å². The van der Waals surface area contributed by atoms with E-state index in [2.05, 4.69) is 16.4 Å². The molecule has 120 valence electrons. The molecule has 0 fully saturated rings. The van der Waals surface area contributed by atoms with Crippen LogP contribution in [0.1, 0.15) is 11.1 Å². The molecular weight excluding hydrogens is 302 g/mol. The molecule has 0 aliphatic rings. The number of anilines is 1. The molecule has 0 unspecified atom stereocenters. The van der Waals surface area contributed by atoms with E-state index in [9.17, 15) is 5.26 Å². The van der Waals surface area contributed by atoms with E-state index in [1.165, 1.54) is 0 Å². The molecule has 5 heteroatoms. The lowest BCUT2D eigenvalue weighted by Crippen LogP contribution is -2.04. The first-order valence-electron chi connectivity index (χ1n) is 7.49. The van der Waals surface area contributed by atoms with E-state index in [0.717, 1.165) is 33.7 Å². The summed E-state index contributed by atoms with van der Waals surface area (Å²) in [5.74, 6) is 1.54. The third kappa shape index (κ3) is 2.95. The zero-order chi connectivity index (χ0) is 16.9. The fraction of sp³-hybridized carbons (Fsp3) is 0.158. The number of fused-ring (bicyclic) bond motifs is 1. The van der Waals surface area contributed by atoms with Gasteiger partial charge in [-0.2, -0.15) is 5.26 Å². The molecule has 1 N–H and O–H groups in total. The van der Waals surface area contributed by atoms with Gasteiger partial charge < -0.3 is 14.8 Å². The Labute approximate surface area is 140 Å². The lowest BCUT2D eigenvalue weighted by Gasteiger charge is -2.14. The largest absolute Gasteiger partial charge is 0.497 e. The van der Waals surface area contributed by atoms with Crippen LogP contribution in [0.15, 0.2) is 48.7 Å². The number of nitrogens with one attached hydrogen (secondary N) is 1. The lowest BCUT2D eigenvalue weighted by atomic mass is 10.1. The number of methoxy groups -OCH3 is 2. The molecule has 3 rings (SSSR count). The van der Waals surface area contributed by atoms with Gasteiger partial charge in [-0.15, -0.1) is 0 Å². The quantitative estimate of drug-likeness (QED) is 0.776. The molecule has 3 aromatic rings. The molecule has 0 bridgehead atoms. The Kier molecular flexibility index (Phi) is 4.48. The predicted molar refractivity (Wildman–Crippen MR) is 93.3 cm³/mol. The highest BCUT2D eigenvalue weighted by Gasteiger charge is 2.10. The van der Waals surface area contributed by atoms with Crippen LogP contribution in [-0.2, 0) is 6.54 Å². The van der Waals surface area contributed by atoms with Gasteiger partial charge in [0.1, 0.15) is 17.6 Å². The fourth-order valence-corrected chi connectivity index (χ4v) is 2.61. The highest BCUT2D eigenvalue weighted by molar-refractivity contribution is 5.94. The monoisotopic (exact) mass is 319 g/mol. The molecule has 0 spiro atoms. The van der Waals surface area contributed by atoms with Crippen molar-refractivity contribution in [3.8, 4) is 17.6 Å². The average molecular weight is 319 g/mol. The maximum Gasteiger partial charge on any atom is 0.123 e. The lowest BCUT2D eigenvalue weighted by molar-refractivity contribution is 0.410. The van der Waals surface area contributed by atoms with Crippen LogP contribution in [0, 0.1) is 11.3 Å². The average Bonchev–Trinajstić information content (AvgIpc) is 2.65. The highest BCUT2D eigenvalue weighted by atomic mass is 16.5. The minimum absolute atomic E-state index is 0.502. The zero-order valence-electron chi connectivity index (χ0n) is 13.5. The molecule has 5 nitrogen and oxygen atoms in total. The van der Waals surface area contributed by atoms with Crippen molar-refractivity contribution < 1.29 is 9.47 Å². The molecule has 1 aromatic heterocycles. The van der Waals surface area contributed by atoms with Crippen molar-refractivity contribution >= 4 is 16.6 Å². The molecular formula is C19H17N3O2. The summed E-state index contributed by atoms with van der Waals surface area (Å²) in [6.07, 6.45) is 1.58. The number of pyridine rings is 1. The van der Waals surface area contributed by atoms with Crippen LogP contribution >= 0.6 is 0 Å². The standard InChI is InChI=1S/C19H17N3O2/c1-23-15-7-8-16-17(9-15)21-12-14(10-20)19(16)22-11-13-5-3-4-6-18(13)24-2/h3-9,12H,11H2,1-2H3,(H,21,22). The number of nitrogens with zero attached hydrogens (tertiary/aromatic N) is 2. The Balaban J connectivity index is 2.00. The molecule has 0 atom stereocenters. The van der Waals surface area contributed by atoms with Crippen molar-refractivity contribution in [2.75, 3.05) is 19.5 Å². The molecule has 0 radical (unpaired) electrons. The van der Waals surface area contributed by atoms with Gasteiger partial charge in [-0.3, -0.25) is 4.98 Å². The molecule has 24 heavy (non-hydrogen) atoms. The molecule has 0 amide bonds. The number of para-hydroxylation sites is 1. The summed E-state index contributed by atoms with van der Waals surface area (Å²) >= 11 is 0. The number of hydrogen-bond acceptors (Lipinski definition) is 5. The van der Waals surface area contributed by atoms with Crippen LogP contribution in [-0.4, -0.2) is 19.2 Å².